The quantitative estimate of drug-likeness (QED) is 0.668. The highest BCUT2D eigenvalue weighted by Crippen LogP contribution is 2.16. The van der Waals surface area contributed by atoms with Crippen LogP contribution >= 0.6 is 0 Å². The predicted molar refractivity (Wildman–Crippen MR) is 89.8 cm³/mol. The summed E-state index contributed by atoms with van der Waals surface area (Å²) in [4.78, 5) is 14.3. The second-order valence-electron chi connectivity index (χ2n) is 6.09. The molecule has 0 N–H and O–H groups in total. The van der Waals surface area contributed by atoms with E-state index >= 15 is 0 Å². The molecule has 1 unspecified atom stereocenters. The zero-order valence-corrected chi connectivity index (χ0v) is 15.1. The Hall–Kier alpha value is -1.38. The Bertz CT molecular complexity index is 608. The van der Waals surface area contributed by atoms with E-state index in [9.17, 15) is 13.2 Å². The maximum absolute atomic E-state index is 12.7. The van der Waals surface area contributed by atoms with Crippen molar-refractivity contribution in [2.75, 3.05) is 32.5 Å². The molecule has 1 aliphatic heterocycles. The van der Waals surface area contributed by atoms with Crippen LogP contribution in [0.2, 0.25) is 0 Å². The van der Waals surface area contributed by atoms with Crippen molar-refractivity contribution >= 4 is 15.9 Å². The zero-order chi connectivity index (χ0) is 17.6. The van der Waals surface area contributed by atoms with E-state index in [1.807, 2.05) is 6.92 Å². The van der Waals surface area contributed by atoms with Crippen molar-refractivity contribution in [3.8, 4) is 0 Å². The molecule has 0 saturated carbocycles. The molecule has 1 atom stereocenters. The van der Waals surface area contributed by atoms with Gasteiger partial charge < -0.3 is 14.1 Å². The first kappa shape index (κ1) is 19.0. The van der Waals surface area contributed by atoms with Gasteiger partial charge in [0.25, 0.3) is 0 Å². The molecule has 1 aromatic rings. The maximum atomic E-state index is 12.7. The molecule has 1 aliphatic rings. The van der Waals surface area contributed by atoms with E-state index in [0.717, 1.165) is 19.1 Å². The van der Waals surface area contributed by atoms with E-state index in [2.05, 4.69) is 0 Å². The summed E-state index contributed by atoms with van der Waals surface area (Å²) in [5, 5.41) is 0. The summed E-state index contributed by atoms with van der Waals surface area (Å²) in [6, 6.07) is 3.57. The first-order valence-corrected chi connectivity index (χ1v) is 10.1. The Balaban J connectivity index is 2.07. The number of furan rings is 1. The second-order valence-corrected chi connectivity index (χ2v) is 8.07. The highest BCUT2D eigenvalue weighted by Gasteiger charge is 2.27. The van der Waals surface area contributed by atoms with Gasteiger partial charge in [-0.15, -0.1) is 0 Å². The topological polar surface area (TPSA) is 80.1 Å². The molecular weight excluding hydrogens is 332 g/mol. The minimum absolute atomic E-state index is 0.00164. The van der Waals surface area contributed by atoms with E-state index in [4.69, 9.17) is 9.15 Å². The number of amides is 1. The molecule has 1 fully saturated rings. The van der Waals surface area contributed by atoms with Crippen LogP contribution in [0.3, 0.4) is 0 Å². The molecule has 7 nitrogen and oxygen atoms in total. The molecular formula is C16H26N2O5S. The highest BCUT2D eigenvalue weighted by atomic mass is 32.2. The van der Waals surface area contributed by atoms with Gasteiger partial charge in [-0.25, -0.2) is 8.42 Å². The van der Waals surface area contributed by atoms with Crippen LogP contribution in [0, 0.1) is 0 Å². The summed E-state index contributed by atoms with van der Waals surface area (Å²) >= 11 is 0. The molecule has 0 aliphatic carbocycles. The van der Waals surface area contributed by atoms with E-state index in [1.54, 1.807) is 23.3 Å². The van der Waals surface area contributed by atoms with Gasteiger partial charge in [0.2, 0.25) is 15.9 Å². The highest BCUT2D eigenvalue weighted by molar-refractivity contribution is 7.88. The number of nitrogens with zero attached hydrogens (tertiary/aromatic N) is 2. The minimum atomic E-state index is -3.41. The van der Waals surface area contributed by atoms with Crippen LogP contribution < -0.4 is 0 Å². The van der Waals surface area contributed by atoms with Gasteiger partial charge in [0, 0.05) is 19.7 Å². The molecule has 0 spiro atoms. The van der Waals surface area contributed by atoms with Crippen LogP contribution in [0.4, 0.5) is 0 Å². The molecule has 1 aromatic heterocycles. The van der Waals surface area contributed by atoms with Crippen LogP contribution in [0.5, 0.6) is 0 Å². The molecule has 136 valence electrons. The van der Waals surface area contributed by atoms with E-state index in [1.165, 1.54) is 4.31 Å². The van der Waals surface area contributed by atoms with Crippen molar-refractivity contribution in [3.05, 3.63) is 24.2 Å². The van der Waals surface area contributed by atoms with Crippen molar-refractivity contribution in [1.82, 2.24) is 9.21 Å². The van der Waals surface area contributed by atoms with Gasteiger partial charge in [0.15, 0.2) is 0 Å². The van der Waals surface area contributed by atoms with Gasteiger partial charge in [-0.1, -0.05) is 6.92 Å². The van der Waals surface area contributed by atoms with Crippen molar-refractivity contribution < 1.29 is 22.4 Å². The smallest absolute Gasteiger partial charge is 0.238 e. The summed E-state index contributed by atoms with van der Waals surface area (Å²) in [5.41, 5.74) is 0. The summed E-state index contributed by atoms with van der Waals surface area (Å²) in [6.07, 6.45) is 5.24. The molecule has 1 amide bonds. The third-order valence-corrected chi connectivity index (χ3v) is 5.23. The predicted octanol–water partition coefficient (Wildman–Crippen LogP) is 1.46. The number of hydrogen-bond donors (Lipinski definition) is 0. The summed E-state index contributed by atoms with van der Waals surface area (Å²) in [7, 11) is -3.41. The average molecular weight is 358 g/mol. The molecule has 0 bridgehead atoms. The van der Waals surface area contributed by atoms with Crippen LogP contribution in [-0.4, -0.2) is 62.1 Å². The third kappa shape index (κ3) is 5.61. The van der Waals surface area contributed by atoms with E-state index < -0.39 is 10.0 Å². The molecule has 0 aromatic carbocycles. The van der Waals surface area contributed by atoms with Crippen LogP contribution in [0.15, 0.2) is 22.8 Å². The fourth-order valence-electron chi connectivity index (χ4n) is 2.74. The first-order chi connectivity index (χ1) is 11.4. The Morgan fingerprint density at radius 2 is 2.21 bits per heavy atom. The first-order valence-electron chi connectivity index (χ1n) is 8.27. The minimum Gasteiger partial charge on any atom is -0.467 e. The van der Waals surface area contributed by atoms with Gasteiger partial charge in [0.1, 0.15) is 5.76 Å². The Morgan fingerprint density at radius 1 is 1.42 bits per heavy atom. The Labute approximate surface area is 143 Å². The van der Waals surface area contributed by atoms with Gasteiger partial charge >= 0.3 is 0 Å². The molecule has 0 radical (unpaired) electrons. The van der Waals surface area contributed by atoms with E-state index in [-0.39, 0.29) is 18.6 Å². The largest absolute Gasteiger partial charge is 0.467 e. The van der Waals surface area contributed by atoms with Crippen molar-refractivity contribution in [2.45, 2.75) is 38.8 Å². The normalized spacial score (nSPS) is 18.2. The lowest BCUT2D eigenvalue weighted by molar-refractivity contribution is -0.133. The SMILES string of the molecule is CCCN(CC(=O)N(Cc1ccco1)CC1CCCO1)S(C)(=O)=O. The number of rotatable bonds is 9. The van der Waals surface area contributed by atoms with Gasteiger partial charge in [-0.2, -0.15) is 4.31 Å². The van der Waals surface area contributed by atoms with Gasteiger partial charge in [-0.3, -0.25) is 4.79 Å². The van der Waals surface area contributed by atoms with Gasteiger partial charge in [-0.05, 0) is 31.4 Å². The summed E-state index contributed by atoms with van der Waals surface area (Å²) in [5.74, 6) is 0.434. The van der Waals surface area contributed by atoms with Crippen molar-refractivity contribution in [2.24, 2.45) is 0 Å². The summed E-state index contributed by atoms with van der Waals surface area (Å²) in [6.45, 7) is 3.53. The molecule has 2 heterocycles. The number of hydrogen-bond acceptors (Lipinski definition) is 5. The monoisotopic (exact) mass is 358 g/mol. The van der Waals surface area contributed by atoms with Crippen LogP contribution in [0.25, 0.3) is 0 Å². The van der Waals surface area contributed by atoms with Crippen molar-refractivity contribution in [1.29, 1.82) is 0 Å². The number of ether oxygens (including phenoxy) is 1. The van der Waals surface area contributed by atoms with Gasteiger partial charge in [0.05, 0.1) is 31.7 Å². The fraction of sp³-hybridized carbons (Fsp3) is 0.688. The number of sulfonamides is 1. The molecule has 2 rings (SSSR count). The second kappa shape index (κ2) is 8.64. The standard InChI is InChI=1S/C16H26N2O5S/c1-3-8-18(24(2,20)21)13-16(19)17(11-14-6-4-9-22-14)12-15-7-5-10-23-15/h4,6,9,15H,3,5,7-8,10-13H2,1-2H3. The van der Waals surface area contributed by atoms with E-state index in [0.29, 0.717) is 38.4 Å². The van der Waals surface area contributed by atoms with Crippen LogP contribution in [0.1, 0.15) is 31.9 Å². The Kier molecular flexibility index (Phi) is 6.82. The number of carbonyl (C=O) groups excluding carboxylic acids is 1. The average Bonchev–Trinajstić information content (AvgIpc) is 3.18. The summed E-state index contributed by atoms with van der Waals surface area (Å²) < 4.78 is 35.9. The Morgan fingerprint density at radius 3 is 2.75 bits per heavy atom. The molecule has 8 heteroatoms. The van der Waals surface area contributed by atoms with Crippen molar-refractivity contribution in [3.63, 3.8) is 0 Å². The molecule has 1 saturated heterocycles. The molecule has 24 heavy (non-hydrogen) atoms. The third-order valence-electron chi connectivity index (χ3n) is 3.98. The lowest BCUT2D eigenvalue weighted by atomic mass is 10.2. The fourth-order valence-corrected chi connectivity index (χ4v) is 3.60. The lowest BCUT2D eigenvalue weighted by Gasteiger charge is -2.27. The number of carbonyl (C=O) groups is 1. The lowest BCUT2D eigenvalue weighted by Crippen LogP contribution is -2.44. The maximum Gasteiger partial charge on any atom is 0.238 e. The van der Waals surface area contributed by atoms with Crippen LogP contribution in [-0.2, 0) is 26.1 Å². The zero-order valence-electron chi connectivity index (χ0n) is 14.3.